The Morgan fingerprint density at radius 2 is 1.70 bits per heavy atom. The van der Waals surface area contributed by atoms with Crippen LogP contribution >= 0.6 is 0 Å². The molecule has 14 heteroatoms. The zero-order chi connectivity index (χ0) is 24.0. The van der Waals surface area contributed by atoms with E-state index >= 15 is 0 Å². The zero-order valence-corrected chi connectivity index (χ0v) is 16.4. The molecular formula is C19H18O14. The number of ether oxygens (including phenoxy) is 4. The molecule has 0 aromatic heterocycles. The fraction of sp³-hybridized carbons (Fsp3) is 0.474. The van der Waals surface area contributed by atoms with Crippen LogP contribution in [0.2, 0.25) is 0 Å². The first-order chi connectivity index (χ1) is 15.4. The minimum Gasteiger partial charge on any atom is -0.504 e. The van der Waals surface area contributed by atoms with Crippen LogP contribution in [0.25, 0.3) is 0 Å². The third-order valence-electron chi connectivity index (χ3n) is 6.18. The van der Waals surface area contributed by atoms with E-state index in [1.54, 1.807) is 0 Å². The van der Waals surface area contributed by atoms with Crippen molar-refractivity contribution >= 4 is 11.9 Å². The molecule has 1 fully saturated rings. The van der Waals surface area contributed by atoms with Gasteiger partial charge >= 0.3 is 11.9 Å². The number of phenolic OH excluding ortho intramolecular Hbond substituents is 2. The van der Waals surface area contributed by atoms with Crippen molar-refractivity contribution in [1.82, 2.24) is 0 Å². The van der Waals surface area contributed by atoms with Crippen molar-refractivity contribution in [3.05, 3.63) is 28.8 Å². The van der Waals surface area contributed by atoms with E-state index < -0.39 is 101 Å². The number of aliphatic hydroxyl groups excluding tert-OH is 3. The maximum absolute atomic E-state index is 13.0. The molecule has 3 heterocycles. The molecular weight excluding hydrogens is 452 g/mol. The molecule has 14 nitrogen and oxygen atoms in total. The van der Waals surface area contributed by atoms with Gasteiger partial charge in [0.15, 0.2) is 30.0 Å². The van der Waals surface area contributed by atoms with Gasteiger partial charge in [0.05, 0.1) is 18.1 Å². The van der Waals surface area contributed by atoms with Crippen LogP contribution in [0.3, 0.4) is 0 Å². The Balaban J connectivity index is 1.80. The summed E-state index contributed by atoms with van der Waals surface area (Å²) in [5.74, 6) is -14.2. The lowest BCUT2D eigenvalue weighted by atomic mass is 9.69. The summed E-state index contributed by atoms with van der Waals surface area (Å²) in [5, 5.41) is 83.1. The summed E-state index contributed by atoms with van der Waals surface area (Å²) in [6, 6.07) is 0.708. The Morgan fingerprint density at radius 1 is 1.00 bits per heavy atom. The number of aliphatic hydroxyl groups is 6. The van der Waals surface area contributed by atoms with Crippen molar-refractivity contribution in [2.75, 3.05) is 6.61 Å². The van der Waals surface area contributed by atoms with E-state index in [-0.39, 0.29) is 0 Å². The van der Waals surface area contributed by atoms with E-state index in [0.29, 0.717) is 12.1 Å². The number of aromatic hydroxyl groups is 2. The second-order valence-electron chi connectivity index (χ2n) is 8.09. The molecule has 33 heavy (non-hydrogen) atoms. The molecule has 0 spiro atoms. The van der Waals surface area contributed by atoms with Crippen LogP contribution in [-0.4, -0.2) is 102 Å². The van der Waals surface area contributed by atoms with Gasteiger partial charge in [-0.25, -0.2) is 9.59 Å². The van der Waals surface area contributed by atoms with Crippen LogP contribution in [0.1, 0.15) is 21.8 Å². The van der Waals surface area contributed by atoms with Crippen LogP contribution in [-0.2, 0) is 19.0 Å². The van der Waals surface area contributed by atoms with Gasteiger partial charge in [-0.3, -0.25) is 0 Å². The van der Waals surface area contributed by atoms with E-state index in [1.807, 2.05) is 0 Å². The number of phenols is 2. The predicted octanol–water partition coefficient (Wildman–Crippen LogP) is -3.60. The number of carbonyl (C=O) groups excluding carboxylic acids is 2. The van der Waals surface area contributed by atoms with E-state index in [2.05, 4.69) is 0 Å². The van der Waals surface area contributed by atoms with Gasteiger partial charge < -0.3 is 59.8 Å². The lowest BCUT2D eigenvalue weighted by Gasteiger charge is -2.52. The molecule has 1 aromatic rings. The van der Waals surface area contributed by atoms with Crippen molar-refractivity contribution in [3.63, 3.8) is 0 Å². The average Bonchev–Trinajstić information content (AvgIpc) is 2.74. The highest BCUT2D eigenvalue weighted by molar-refractivity contribution is 5.98. The molecule has 7 atom stereocenters. The second-order valence-corrected chi connectivity index (χ2v) is 8.09. The van der Waals surface area contributed by atoms with Gasteiger partial charge in [0.25, 0.3) is 5.79 Å². The van der Waals surface area contributed by atoms with E-state index in [9.17, 15) is 50.4 Å². The summed E-state index contributed by atoms with van der Waals surface area (Å²) < 4.78 is 20.4. The van der Waals surface area contributed by atoms with E-state index in [4.69, 9.17) is 18.9 Å². The van der Waals surface area contributed by atoms with E-state index in [0.717, 1.165) is 0 Å². The van der Waals surface area contributed by atoms with Crippen molar-refractivity contribution in [2.45, 2.75) is 48.2 Å². The van der Waals surface area contributed by atoms with Crippen LogP contribution in [0.15, 0.2) is 17.7 Å². The molecule has 2 bridgehead atoms. The highest BCUT2D eigenvalue weighted by atomic mass is 16.7. The molecule has 0 amide bonds. The molecule has 7 unspecified atom stereocenters. The fourth-order valence-electron chi connectivity index (χ4n) is 4.47. The Hall–Kier alpha value is -2.98. The van der Waals surface area contributed by atoms with Crippen LogP contribution in [0.4, 0.5) is 0 Å². The number of fused-ring (bicyclic) bond motifs is 2. The zero-order valence-electron chi connectivity index (χ0n) is 16.4. The lowest BCUT2D eigenvalue weighted by molar-refractivity contribution is -0.382. The Morgan fingerprint density at radius 3 is 2.39 bits per heavy atom. The highest BCUT2D eigenvalue weighted by Gasteiger charge is 2.69. The second kappa shape index (κ2) is 6.77. The van der Waals surface area contributed by atoms with Gasteiger partial charge in [0.2, 0.25) is 11.5 Å². The highest BCUT2D eigenvalue weighted by Crippen LogP contribution is 2.58. The summed E-state index contributed by atoms with van der Waals surface area (Å²) in [4.78, 5) is 26.1. The van der Waals surface area contributed by atoms with Gasteiger partial charge in [-0.2, -0.15) is 0 Å². The van der Waals surface area contributed by atoms with Crippen molar-refractivity contribution < 1.29 is 69.4 Å². The van der Waals surface area contributed by atoms with Crippen molar-refractivity contribution in [3.8, 4) is 17.2 Å². The van der Waals surface area contributed by atoms with Gasteiger partial charge in [0, 0.05) is 11.1 Å². The first kappa shape index (κ1) is 21.8. The molecule has 4 aliphatic rings. The Labute approximate surface area is 183 Å². The molecule has 1 aromatic carbocycles. The smallest absolute Gasteiger partial charge is 0.339 e. The average molecular weight is 470 g/mol. The third-order valence-corrected chi connectivity index (χ3v) is 6.18. The van der Waals surface area contributed by atoms with Gasteiger partial charge in [-0.15, -0.1) is 0 Å². The molecule has 178 valence electrons. The van der Waals surface area contributed by atoms with Crippen LogP contribution in [0.5, 0.6) is 17.2 Å². The number of esters is 2. The topological polar surface area (TPSA) is 233 Å². The Kier molecular flexibility index (Phi) is 4.48. The van der Waals surface area contributed by atoms with Gasteiger partial charge in [-0.1, -0.05) is 0 Å². The molecule has 0 saturated carbocycles. The number of hydrogen-bond acceptors (Lipinski definition) is 14. The first-order valence-electron chi connectivity index (χ1n) is 9.63. The summed E-state index contributed by atoms with van der Waals surface area (Å²) in [6.45, 7) is -0.514. The van der Waals surface area contributed by atoms with Crippen molar-refractivity contribution in [2.24, 2.45) is 0 Å². The Bertz CT molecular complexity index is 1090. The first-order valence-corrected chi connectivity index (χ1v) is 9.63. The summed E-state index contributed by atoms with van der Waals surface area (Å²) >= 11 is 0. The standard InChI is InChI=1S/C19H18O14/c20-6-1-4-9-10-5(2-8(21)19(29,18(10,27)28)33-14(9)11(6)22)16(25)32-13-7(31-15(4)24)3-30-17(26)12(13)23/h1-2,7-8,10,12-13,17,20-23,26-29H,3H2. The van der Waals surface area contributed by atoms with Crippen LogP contribution in [0, 0.1) is 0 Å². The number of hydrogen-bond donors (Lipinski definition) is 8. The normalized spacial score (nSPS) is 38.8. The molecule has 0 radical (unpaired) electrons. The van der Waals surface area contributed by atoms with Gasteiger partial charge in [-0.05, 0) is 12.1 Å². The van der Waals surface area contributed by atoms with Crippen molar-refractivity contribution in [1.29, 1.82) is 0 Å². The summed E-state index contributed by atoms with van der Waals surface area (Å²) in [6.07, 6.45) is -8.40. The molecule has 1 saturated heterocycles. The quantitative estimate of drug-likeness (QED) is 0.104. The predicted molar refractivity (Wildman–Crippen MR) is 96.4 cm³/mol. The minimum atomic E-state index is -3.46. The maximum Gasteiger partial charge on any atom is 0.339 e. The third kappa shape index (κ3) is 2.73. The largest absolute Gasteiger partial charge is 0.504 e. The van der Waals surface area contributed by atoms with Gasteiger partial charge in [0.1, 0.15) is 12.2 Å². The fourth-order valence-corrected chi connectivity index (χ4v) is 4.47. The summed E-state index contributed by atoms with van der Waals surface area (Å²) in [7, 11) is 0. The SMILES string of the molecule is O=C1OC2C(COC(O)C2O)OC(=O)c2cc(O)c(O)c3c2C2C1=CC(O)C(O)(O3)C2(O)O. The molecule has 8 N–H and O–H groups in total. The summed E-state index contributed by atoms with van der Waals surface area (Å²) in [5.41, 5.74) is -1.85. The maximum atomic E-state index is 13.0. The number of carbonyl (C=O) groups is 2. The number of benzene rings is 1. The molecule has 3 aliphatic heterocycles. The molecule has 5 rings (SSSR count). The molecule has 1 aliphatic carbocycles. The lowest BCUT2D eigenvalue weighted by Crippen LogP contribution is -2.71. The minimum absolute atomic E-state index is 0.514. The number of rotatable bonds is 0. The van der Waals surface area contributed by atoms with E-state index in [1.165, 1.54) is 0 Å². The monoisotopic (exact) mass is 470 g/mol. The van der Waals surface area contributed by atoms with Crippen LogP contribution < -0.4 is 4.74 Å².